The first-order valence-corrected chi connectivity index (χ1v) is 6.84. The lowest BCUT2D eigenvalue weighted by Gasteiger charge is -2.23. The minimum Gasteiger partial charge on any atom is -0.387 e. The number of halogens is 3. The van der Waals surface area contributed by atoms with E-state index in [1.54, 1.807) is 13.8 Å². The third kappa shape index (κ3) is 4.49. The third-order valence-electron chi connectivity index (χ3n) is 2.53. The standard InChI is InChI=1S/C13H17BrF2O3/c1-3-18-13(19-4-2)11(17)7-8-10(15)6-5-9(14)12(8)16/h5-6,11,13,17H,3-4,7H2,1-2H3. The molecule has 0 aliphatic carbocycles. The number of hydrogen-bond acceptors (Lipinski definition) is 3. The Balaban J connectivity index is 2.85. The Bertz CT molecular complexity index is 409. The maximum Gasteiger partial charge on any atom is 0.183 e. The maximum absolute atomic E-state index is 13.8. The van der Waals surface area contributed by atoms with Crippen LogP contribution in [0, 0.1) is 11.6 Å². The fraction of sp³-hybridized carbons (Fsp3) is 0.538. The second-order valence-electron chi connectivity index (χ2n) is 3.87. The van der Waals surface area contributed by atoms with Crippen molar-refractivity contribution in [2.45, 2.75) is 32.7 Å². The van der Waals surface area contributed by atoms with Crippen molar-refractivity contribution in [3.8, 4) is 0 Å². The Hall–Kier alpha value is -0.560. The smallest absolute Gasteiger partial charge is 0.183 e. The summed E-state index contributed by atoms with van der Waals surface area (Å²) in [5, 5.41) is 9.97. The van der Waals surface area contributed by atoms with Gasteiger partial charge in [0.2, 0.25) is 0 Å². The number of ether oxygens (including phenoxy) is 2. The molecule has 1 aromatic rings. The molecule has 6 heteroatoms. The summed E-state index contributed by atoms with van der Waals surface area (Å²) in [6.45, 7) is 4.17. The fourth-order valence-corrected chi connectivity index (χ4v) is 2.03. The van der Waals surface area contributed by atoms with Gasteiger partial charge in [-0.05, 0) is 41.9 Å². The predicted octanol–water partition coefficient (Wildman–Crippen LogP) is 3.03. The molecule has 1 unspecified atom stereocenters. The Morgan fingerprint density at radius 2 is 1.79 bits per heavy atom. The second-order valence-corrected chi connectivity index (χ2v) is 4.73. The van der Waals surface area contributed by atoms with E-state index in [2.05, 4.69) is 15.9 Å². The molecule has 1 N–H and O–H groups in total. The molecule has 0 spiro atoms. The minimum atomic E-state index is -1.14. The molecule has 1 aromatic carbocycles. The molecule has 0 fully saturated rings. The van der Waals surface area contributed by atoms with Crippen molar-refractivity contribution in [3.05, 3.63) is 33.8 Å². The summed E-state index contributed by atoms with van der Waals surface area (Å²) in [4.78, 5) is 0. The molecule has 0 saturated heterocycles. The van der Waals surface area contributed by atoms with Crippen LogP contribution in [0.2, 0.25) is 0 Å². The number of aliphatic hydroxyl groups is 1. The van der Waals surface area contributed by atoms with Gasteiger partial charge in [0.1, 0.15) is 17.7 Å². The summed E-state index contributed by atoms with van der Waals surface area (Å²) in [6.07, 6.45) is -2.26. The van der Waals surface area contributed by atoms with Crippen LogP contribution in [-0.2, 0) is 15.9 Å². The van der Waals surface area contributed by atoms with Crippen LogP contribution in [0.4, 0.5) is 8.78 Å². The van der Waals surface area contributed by atoms with Crippen molar-refractivity contribution in [2.24, 2.45) is 0 Å². The highest BCUT2D eigenvalue weighted by molar-refractivity contribution is 9.10. The summed E-state index contributed by atoms with van der Waals surface area (Å²) >= 11 is 2.98. The van der Waals surface area contributed by atoms with Crippen molar-refractivity contribution in [1.82, 2.24) is 0 Å². The van der Waals surface area contributed by atoms with Crippen LogP contribution in [0.3, 0.4) is 0 Å². The zero-order chi connectivity index (χ0) is 14.4. The van der Waals surface area contributed by atoms with E-state index in [0.29, 0.717) is 13.2 Å². The highest BCUT2D eigenvalue weighted by Crippen LogP contribution is 2.23. The lowest BCUT2D eigenvalue weighted by Crippen LogP contribution is -2.34. The van der Waals surface area contributed by atoms with Crippen LogP contribution in [-0.4, -0.2) is 30.7 Å². The number of rotatable bonds is 7. The van der Waals surface area contributed by atoms with Crippen molar-refractivity contribution in [3.63, 3.8) is 0 Å². The molecule has 108 valence electrons. The maximum atomic E-state index is 13.8. The molecule has 0 radical (unpaired) electrons. The van der Waals surface area contributed by atoms with E-state index < -0.39 is 24.0 Å². The lowest BCUT2D eigenvalue weighted by molar-refractivity contribution is -0.189. The van der Waals surface area contributed by atoms with Gasteiger partial charge in [0.05, 0.1) is 4.47 Å². The van der Waals surface area contributed by atoms with Gasteiger partial charge in [0.25, 0.3) is 0 Å². The minimum absolute atomic E-state index is 0.153. The summed E-state index contributed by atoms with van der Waals surface area (Å²) < 4.78 is 37.9. The van der Waals surface area contributed by atoms with E-state index >= 15 is 0 Å². The zero-order valence-corrected chi connectivity index (χ0v) is 12.4. The van der Waals surface area contributed by atoms with Crippen molar-refractivity contribution in [2.75, 3.05) is 13.2 Å². The summed E-state index contributed by atoms with van der Waals surface area (Å²) in [5.74, 6) is -1.42. The monoisotopic (exact) mass is 338 g/mol. The Morgan fingerprint density at radius 1 is 1.21 bits per heavy atom. The lowest BCUT2D eigenvalue weighted by atomic mass is 10.1. The Kier molecular flexibility index (Phi) is 6.85. The Morgan fingerprint density at radius 3 is 2.32 bits per heavy atom. The molecular formula is C13H17BrF2O3. The van der Waals surface area contributed by atoms with E-state index in [1.807, 2.05) is 0 Å². The molecule has 3 nitrogen and oxygen atoms in total. The van der Waals surface area contributed by atoms with Gasteiger partial charge in [-0.3, -0.25) is 0 Å². The van der Waals surface area contributed by atoms with Crippen LogP contribution >= 0.6 is 15.9 Å². The van der Waals surface area contributed by atoms with E-state index in [-0.39, 0.29) is 16.5 Å². The van der Waals surface area contributed by atoms with E-state index in [9.17, 15) is 13.9 Å². The van der Waals surface area contributed by atoms with Gasteiger partial charge in [-0.2, -0.15) is 0 Å². The van der Waals surface area contributed by atoms with Gasteiger partial charge in [-0.25, -0.2) is 8.78 Å². The van der Waals surface area contributed by atoms with Crippen molar-refractivity contribution in [1.29, 1.82) is 0 Å². The average molecular weight is 339 g/mol. The van der Waals surface area contributed by atoms with Gasteiger partial charge < -0.3 is 14.6 Å². The normalized spacial score (nSPS) is 13.0. The highest BCUT2D eigenvalue weighted by atomic mass is 79.9. The van der Waals surface area contributed by atoms with Gasteiger partial charge in [-0.1, -0.05) is 0 Å². The fourth-order valence-electron chi connectivity index (χ4n) is 1.66. The SMILES string of the molecule is CCOC(OCC)C(O)Cc1c(F)ccc(Br)c1F. The van der Waals surface area contributed by atoms with Crippen LogP contribution in [0.25, 0.3) is 0 Å². The second kappa shape index (κ2) is 7.89. The van der Waals surface area contributed by atoms with Gasteiger partial charge in [-0.15, -0.1) is 0 Å². The van der Waals surface area contributed by atoms with Crippen molar-refractivity contribution >= 4 is 15.9 Å². The third-order valence-corrected chi connectivity index (χ3v) is 3.14. The number of aliphatic hydroxyl groups excluding tert-OH is 1. The highest BCUT2D eigenvalue weighted by Gasteiger charge is 2.24. The molecule has 0 aromatic heterocycles. The van der Waals surface area contributed by atoms with E-state index in [1.165, 1.54) is 6.07 Å². The molecule has 1 rings (SSSR count). The van der Waals surface area contributed by atoms with Gasteiger partial charge in [0, 0.05) is 25.2 Å². The molecule has 0 aliphatic heterocycles. The number of benzene rings is 1. The van der Waals surface area contributed by atoms with Gasteiger partial charge >= 0.3 is 0 Å². The molecule has 0 heterocycles. The first-order chi connectivity index (χ1) is 9.01. The number of hydrogen-bond donors (Lipinski definition) is 1. The topological polar surface area (TPSA) is 38.7 Å². The van der Waals surface area contributed by atoms with Crippen LogP contribution in [0.15, 0.2) is 16.6 Å². The Labute approximate surface area is 119 Å². The molecule has 0 saturated carbocycles. The molecule has 0 aliphatic rings. The zero-order valence-electron chi connectivity index (χ0n) is 10.8. The summed E-state index contributed by atoms with van der Waals surface area (Å²) in [6, 6.07) is 2.43. The molecule has 19 heavy (non-hydrogen) atoms. The van der Waals surface area contributed by atoms with Crippen LogP contribution in [0.1, 0.15) is 19.4 Å². The van der Waals surface area contributed by atoms with Crippen LogP contribution < -0.4 is 0 Å². The summed E-state index contributed by atoms with van der Waals surface area (Å²) in [5.41, 5.74) is -0.189. The molecule has 0 bridgehead atoms. The van der Waals surface area contributed by atoms with Crippen LogP contribution in [0.5, 0.6) is 0 Å². The quantitative estimate of drug-likeness (QED) is 0.613. The first kappa shape index (κ1) is 16.5. The van der Waals surface area contributed by atoms with Crippen molar-refractivity contribution < 1.29 is 23.4 Å². The first-order valence-electron chi connectivity index (χ1n) is 6.04. The average Bonchev–Trinajstić information content (AvgIpc) is 2.38. The summed E-state index contributed by atoms with van der Waals surface area (Å²) in [7, 11) is 0. The van der Waals surface area contributed by atoms with E-state index in [4.69, 9.17) is 9.47 Å². The van der Waals surface area contributed by atoms with E-state index in [0.717, 1.165) is 6.07 Å². The largest absolute Gasteiger partial charge is 0.387 e. The molecular weight excluding hydrogens is 322 g/mol. The molecule has 1 atom stereocenters. The predicted molar refractivity (Wildman–Crippen MR) is 70.8 cm³/mol. The van der Waals surface area contributed by atoms with Gasteiger partial charge in [0.15, 0.2) is 6.29 Å². The molecule has 0 amide bonds.